The molecule has 110 valence electrons. The molecule has 1 aromatic carbocycles. The molecular formula is C14H9ClF3NO2. The quantitative estimate of drug-likeness (QED) is 0.841. The van der Waals surface area contributed by atoms with E-state index < -0.39 is 22.7 Å². The molecule has 1 aromatic heterocycles. The second kappa shape index (κ2) is 6.05. The minimum atomic E-state index is -4.53. The second-order valence-electron chi connectivity index (χ2n) is 4.03. The van der Waals surface area contributed by atoms with Gasteiger partial charge in [0.15, 0.2) is 0 Å². The number of amides is 1. The van der Waals surface area contributed by atoms with Crippen LogP contribution in [0.5, 0.6) is 0 Å². The van der Waals surface area contributed by atoms with Crippen molar-refractivity contribution in [2.75, 3.05) is 5.32 Å². The van der Waals surface area contributed by atoms with Crippen LogP contribution in [0.4, 0.5) is 18.9 Å². The molecule has 0 bridgehead atoms. The van der Waals surface area contributed by atoms with Crippen LogP contribution in [0.1, 0.15) is 11.3 Å². The largest absolute Gasteiger partial charge is 0.465 e. The van der Waals surface area contributed by atoms with E-state index in [4.69, 9.17) is 16.0 Å². The van der Waals surface area contributed by atoms with Crippen LogP contribution in [0.2, 0.25) is 5.02 Å². The van der Waals surface area contributed by atoms with Gasteiger partial charge in [0, 0.05) is 11.8 Å². The van der Waals surface area contributed by atoms with E-state index in [1.54, 1.807) is 12.1 Å². The van der Waals surface area contributed by atoms with Crippen LogP contribution in [-0.4, -0.2) is 5.91 Å². The molecule has 21 heavy (non-hydrogen) atoms. The molecule has 3 nitrogen and oxygen atoms in total. The predicted octanol–water partition coefficient (Wildman–Crippen LogP) is 4.60. The fourth-order valence-electron chi connectivity index (χ4n) is 1.55. The summed E-state index contributed by atoms with van der Waals surface area (Å²) >= 11 is 5.55. The summed E-state index contributed by atoms with van der Waals surface area (Å²) in [4.78, 5) is 11.6. The minimum Gasteiger partial charge on any atom is -0.465 e. The Balaban J connectivity index is 2.06. The van der Waals surface area contributed by atoms with E-state index in [-0.39, 0.29) is 5.69 Å². The standard InChI is InChI=1S/C14H9ClF3NO2/c15-12-8-9(3-5-11(12)14(16,17)18)19-13(20)6-4-10-2-1-7-21-10/h1-8H,(H,19,20)/b6-4+. The summed E-state index contributed by atoms with van der Waals surface area (Å²) in [5.41, 5.74) is -0.782. The van der Waals surface area contributed by atoms with Crippen LogP contribution in [0.15, 0.2) is 47.1 Å². The lowest BCUT2D eigenvalue weighted by Gasteiger charge is -2.10. The fraction of sp³-hybridized carbons (Fsp3) is 0.0714. The van der Waals surface area contributed by atoms with Crippen molar-refractivity contribution in [1.82, 2.24) is 0 Å². The molecule has 0 spiro atoms. The molecule has 0 radical (unpaired) electrons. The molecule has 7 heteroatoms. The number of nitrogens with one attached hydrogen (secondary N) is 1. The molecule has 0 saturated carbocycles. The van der Waals surface area contributed by atoms with Gasteiger partial charge in [0.1, 0.15) is 5.76 Å². The SMILES string of the molecule is O=C(/C=C/c1ccco1)Nc1ccc(C(F)(F)F)c(Cl)c1. The number of anilines is 1. The number of halogens is 4. The van der Waals surface area contributed by atoms with E-state index in [2.05, 4.69) is 5.32 Å². The van der Waals surface area contributed by atoms with Crippen LogP contribution < -0.4 is 5.32 Å². The maximum atomic E-state index is 12.5. The van der Waals surface area contributed by atoms with Crippen molar-refractivity contribution >= 4 is 29.3 Å². The summed E-state index contributed by atoms with van der Waals surface area (Å²) in [7, 11) is 0. The molecule has 0 aliphatic carbocycles. The van der Waals surface area contributed by atoms with Gasteiger partial charge < -0.3 is 9.73 Å². The molecule has 1 N–H and O–H groups in total. The first-order valence-corrected chi connectivity index (χ1v) is 6.13. The topological polar surface area (TPSA) is 42.2 Å². The second-order valence-corrected chi connectivity index (χ2v) is 4.44. The van der Waals surface area contributed by atoms with E-state index in [9.17, 15) is 18.0 Å². The highest BCUT2D eigenvalue weighted by Gasteiger charge is 2.33. The number of alkyl halides is 3. The number of rotatable bonds is 3. The van der Waals surface area contributed by atoms with Crippen molar-refractivity contribution in [1.29, 1.82) is 0 Å². The van der Waals surface area contributed by atoms with E-state index in [0.717, 1.165) is 18.2 Å². The first-order valence-electron chi connectivity index (χ1n) is 5.75. The van der Waals surface area contributed by atoms with E-state index in [0.29, 0.717) is 5.76 Å². The van der Waals surface area contributed by atoms with Gasteiger partial charge in [-0.3, -0.25) is 4.79 Å². The summed E-state index contributed by atoms with van der Waals surface area (Å²) in [6, 6.07) is 6.30. The zero-order valence-electron chi connectivity index (χ0n) is 10.4. The highest BCUT2D eigenvalue weighted by Crippen LogP contribution is 2.35. The third-order valence-electron chi connectivity index (χ3n) is 2.48. The van der Waals surface area contributed by atoms with Gasteiger partial charge in [-0.2, -0.15) is 13.2 Å². The Bertz CT molecular complexity index is 663. The van der Waals surface area contributed by atoms with Crippen molar-refractivity contribution in [2.45, 2.75) is 6.18 Å². The van der Waals surface area contributed by atoms with Gasteiger partial charge in [-0.15, -0.1) is 0 Å². The third-order valence-corrected chi connectivity index (χ3v) is 2.80. The Morgan fingerprint density at radius 1 is 1.29 bits per heavy atom. The van der Waals surface area contributed by atoms with Crippen molar-refractivity contribution < 1.29 is 22.4 Å². The molecule has 1 amide bonds. The first kappa shape index (κ1) is 15.2. The van der Waals surface area contributed by atoms with Gasteiger partial charge in [-0.1, -0.05) is 11.6 Å². The fourth-order valence-corrected chi connectivity index (χ4v) is 1.84. The zero-order valence-corrected chi connectivity index (χ0v) is 11.2. The Morgan fingerprint density at radius 3 is 2.62 bits per heavy atom. The molecule has 0 saturated heterocycles. The molecule has 2 rings (SSSR count). The Kier molecular flexibility index (Phi) is 4.37. The van der Waals surface area contributed by atoms with E-state index in [1.807, 2.05) is 0 Å². The highest BCUT2D eigenvalue weighted by molar-refractivity contribution is 6.31. The number of carbonyl (C=O) groups excluding carboxylic acids is 1. The van der Waals surface area contributed by atoms with Crippen LogP contribution in [0.3, 0.4) is 0 Å². The zero-order chi connectivity index (χ0) is 15.5. The monoisotopic (exact) mass is 315 g/mol. The summed E-state index contributed by atoms with van der Waals surface area (Å²) in [5, 5.41) is 1.93. The van der Waals surface area contributed by atoms with Crippen molar-refractivity contribution in [3.63, 3.8) is 0 Å². The van der Waals surface area contributed by atoms with Crippen molar-refractivity contribution in [2.24, 2.45) is 0 Å². The Hall–Kier alpha value is -2.21. The normalized spacial score (nSPS) is 11.8. The molecule has 0 atom stereocenters. The number of carbonyl (C=O) groups is 1. The number of benzene rings is 1. The molecule has 2 aromatic rings. The van der Waals surface area contributed by atoms with Gasteiger partial charge in [0.05, 0.1) is 16.8 Å². The highest BCUT2D eigenvalue weighted by atomic mass is 35.5. The van der Waals surface area contributed by atoms with Gasteiger partial charge >= 0.3 is 6.18 Å². The molecule has 0 fully saturated rings. The number of furan rings is 1. The van der Waals surface area contributed by atoms with E-state index >= 15 is 0 Å². The maximum absolute atomic E-state index is 12.5. The predicted molar refractivity (Wildman–Crippen MR) is 72.8 cm³/mol. The smallest absolute Gasteiger partial charge is 0.417 e. The lowest BCUT2D eigenvalue weighted by atomic mass is 10.2. The Labute approximate surface area is 123 Å². The van der Waals surface area contributed by atoms with Gasteiger partial charge in [-0.05, 0) is 36.4 Å². The van der Waals surface area contributed by atoms with Crippen molar-refractivity contribution in [3.05, 3.63) is 59.0 Å². The lowest BCUT2D eigenvalue weighted by molar-refractivity contribution is -0.137. The molecule has 1 heterocycles. The van der Waals surface area contributed by atoms with Gasteiger partial charge in [-0.25, -0.2) is 0 Å². The number of hydrogen-bond donors (Lipinski definition) is 1. The third kappa shape index (κ3) is 4.13. The Morgan fingerprint density at radius 2 is 2.05 bits per heavy atom. The van der Waals surface area contributed by atoms with Gasteiger partial charge in [0.25, 0.3) is 0 Å². The molecule has 0 aliphatic heterocycles. The molecule has 0 aliphatic rings. The maximum Gasteiger partial charge on any atom is 0.417 e. The van der Waals surface area contributed by atoms with Gasteiger partial charge in [0.2, 0.25) is 5.91 Å². The molecule has 0 unspecified atom stereocenters. The summed E-state index contributed by atoms with van der Waals surface area (Å²) < 4.78 is 42.6. The summed E-state index contributed by atoms with van der Waals surface area (Å²) in [5.74, 6) is -0.0298. The lowest BCUT2D eigenvalue weighted by Crippen LogP contribution is -2.10. The summed E-state index contributed by atoms with van der Waals surface area (Å²) in [6.07, 6.45) is -0.447. The van der Waals surface area contributed by atoms with Crippen LogP contribution >= 0.6 is 11.6 Å². The first-order chi connectivity index (χ1) is 9.86. The van der Waals surface area contributed by atoms with Crippen LogP contribution in [-0.2, 0) is 11.0 Å². The average Bonchev–Trinajstić information content (AvgIpc) is 2.88. The molecular weight excluding hydrogens is 307 g/mol. The summed E-state index contributed by atoms with van der Waals surface area (Å²) in [6.45, 7) is 0. The van der Waals surface area contributed by atoms with Crippen LogP contribution in [0, 0.1) is 0 Å². The minimum absolute atomic E-state index is 0.169. The van der Waals surface area contributed by atoms with Crippen molar-refractivity contribution in [3.8, 4) is 0 Å². The van der Waals surface area contributed by atoms with Crippen LogP contribution in [0.25, 0.3) is 6.08 Å². The van der Waals surface area contributed by atoms with E-state index in [1.165, 1.54) is 18.4 Å². The average molecular weight is 316 g/mol. The number of hydrogen-bond acceptors (Lipinski definition) is 2.